The summed E-state index contributed by atoms with van der Waals surface area (Å²) in [5.41, 5.74) is 35.2. The maximum absolute atomic E-state index is 2.66. The predicted molar refractivity (Wildman–Crippen MR) is 438 cm³/mol. The van der Waals surface area contributed by atoms with Gasteiger partial charge in [-0.2, -0.15) is 0 Å². The van der Waals surface area contributed by atoms with E-state index in [-0.39, 0.29) is 14.0 Å². The summed E-state index contributed by atoms with van der Waals surface area (Å²) in [5, 5.41) is 4.84. The van der Waals surface area contributed by atoms with Crippen molar-refractivity contribution < 1.29 is 0 Å². The summed E-state index contributed by atoms with van der Waals surface area (Å²) in [6.07, 6.45) is 0. The van der Waals surface area contributed by atoms with E-state index in [1.807, 2.05) is 0 Å². The lowest BCUT2D eigenvalue weighted by Crippen LogP contribution is -2.68. The van der Waals surface area contributed by atoms with E-state index in [1.165, 1.54) is 110 Å². The first kappa shape index (κ1) is 58.3. The molecule has 6 heterocycles. The van der Waals surface area contributed by atoms with Gasteiger partial charge in [-0.15, -0.1) is 0 Å². The van der Waals surface area contributed by atoms with Gasteiger partial charge < -0.3 is 28.4 Å². The lowest BCUT2D eigenvalue weighted by Gasteiger charge is -2.54. The summed E-state index contributed by atoms with van der Waals surface area (Å²) in [7, 11) is 0. The first-order valence-corrected chi connectivity index (χ1v) is 36.0. The highest BCUT2D eigenvalue weighted by Crippen LogP contribution is 2.58. The second-order valence-corrected chi connectivity index (χ2v) is 27.9. The third kappa shape index (κ3) is 8.72. The van der Waals surface area contributed by atoms with Gasteiger partial charge in [-0.05, 0) is 212 Å². The first-order chi connectivity index (χ1) is 51.6. The van der Waals surface area contributed by atoms with Crippen molar-refractivity contribution in [1.29, 1.82) is 0 Å². The van der Waals surface area contributed by atoms with Crippen LogP contribution in [-0.4, -0.2) is 23.1 Å². The van der Waals surface area contributed by atoms with Crippen molar-refractivity contribution >= 4 is 114 Å². The number of nitrogens with zero attached hydrogens (tertiary/aromatic N) is 6. The average Bonchev–Trinajstić information content (AvgIpc) is 0.846. The summed E-state index contributed by atoms with van der Waals surface area (Å²) < 4.78 is 5.02. The quantitative estimate of drug-likeness (QED) is 0.127. The first-order valence-electron chi connectivity index (χ1n) is 36.0. The van der Waals surface area contributed by atoms with Crippen molar-refractivity contribution in [2.75, 3.05) is 19.2 Å². The molecule has 16 aromatic carbocycles. The van der Waals surface area contributed by atoms with Crippen LogP contribution in [0.25, 0.3) is 133 Å². The molecule has 0 bridgehead atoms. The van der Waals surface area contributed by atoms with Gasteiger partial charge in [0.1, 0.15) is 0 Å². The molecule has 482 valence electrons. The zero-order valence-corrected chi connectivity index (χ0v) is 56.6. The molecule has 0 radical (unpaired) electrons. The van der Waals surface area contributed by atoms with E-state index in [0.717, 1.165) is 78.9 Å². The fourth-order valence-corrected chi connectivity index (χ4v) is 17.9. The molecule has 4 aliphatic heterocycles. The fraction of sp³-hybridized carbons (Fsp3) is 0. The van der Waals surface area contributed by atoms with Gasteiger partial charge in [0.25, 0.3) is 0 Å². The molecule has 0 amide bonds. The van der Waals surface area contributed by atoms with Gasteiger partial charge in [0.15, 0.2) is 0 Å². The van der Waals surface area contributed by atoms with E-state index < -0.39 is 0 Å². The van der Waals surface area contributed by atoms with Crippen LogP contribution in [0.4, 0.5) is 45.5 Å². The van der Waals surface area contributed by atoms with Crippen molar-refractivity contribution in [3.8, 4) is 89.3 Å². The number of aromatic nitrogens is 2. The third-order valence-corrected chi connectivity index (χ3v) is 22.4. The van der Waals surface area contributed by atoms with E-state index in [1.54, 1.807) is 0 Å². The lowest BCUT2D eigenvalue weighted by atomic mass is 9.45. The molecule has 2 aromatic heterocycles. The number of anilines is 8. The van der Waals surface area contributed by atoms with Gasteiger partial charge in [-0.25, -0.2) is 0 Å². The second kappa shape index (κ2) is 23.0. The van der Waals surface area contributed by atoms with Gasteiger partial charge in [0.05, 0.1) is 22.1 Å². The largest absolute Gasteiger partial charge is 0.421 e. The maximum Gasteiger partial charge on any atom is 0.421 e. The van der Waals surface area contributed by atoms with E-state index in [9.17, 15) is 0 Å². The number of rotatable bonds is 10. The number of para-hydroxylation sites is 4. The number of hydrogen-bond donors (Lipinski definition) is 0. The molecule has 8 heteroatoms. The molecule has 0 N–H and O–H groups in total. The molecule has 4 aliphatic rings. The van der Waals surface area contributed by atoms with Crippen LogP contribution in [0.15, 0.2) is 376 Å². The lowest BCUT2D eigenvalue weighted by molar-refractivity contribution is 1.17. The molecule has 22 rings (SSSR count). The Morgan fingerprint density at radius 3 is 0.750 bits per heavy atom. The van der Waals surface area contributed by atoms with Gasteiger partial charge in [-0.1, -0.05) is 237 Å². The van der Waals surface area contributed by atoms with Gasteiger partial charge >= 0.3 is 14.0 Å². The smallest absolute Gasteiger partial charge is 0.361 e. The summed E-state index contributed by atoms with van der Waals surface area (Å²) in [6, 6.07) is 140. The predicted octanol–water partition coefficient (Wildman–Crippen LogP) is 23.5. The number of hydrogen-bond acceptors (Lipinski definition) is 4. The maximum atomic E-state index is 2.66. The van der Waals surface area contributed by atoms with Crippen molar-refractivity contribution in [3.05, 3.63) is 376 Å². The Morgan fingerprint density at radius 1 is 0.173 bits per heavy atom. The Labute approximate surface area is 603 Å². The molecular weight excluding hydrogens is 1260 g/mol. The van der Waals surface area contributed by atoms with E-state index in [0.29, 0.717) is 0 Å². The fourth-order valence-electron chi connectivity index (χ4n) is 17.9. The molecule has 6 nitrogen and oxygen atoms in total. The van der Waals surface area contributed by atoms with Crippen LogP contribution in [-0.2, 0) is 0 Å². The molecular formula is C96H62B2N6. The summed E-state index contributed by atoms with van der Waals surface area (Å²) in [6.45, 7) is -0.697. The Kier molecular flexibility index (Phi) is 12.9. The van der Waals surface area contributed by atoms with E-state index >= 15 is 0 Å². The summed E-state index contributed by atoms with van der Waals surface area (Å²) >= 11 is 0. The van der Waals surface area contributed by atoms with Crippen molar-refractivity contribution in [2.45, 2.75) is 0 Å². The summed E-state index contributed by atoms with van der Waals surface area (Å²) in [5.74, 6) is 0. The normalized spacial score (nSPS) is 13.1. The minimum absolute atomic E-state index is 0.349. The molecule has 0 saturated heterocycles. The highest BCUT2D eigenvalue weighted by Gasteiger charge is 2.55. The Hall–Kier alpha value is -13.6. The molecule has 0 atom stereocenters. The molecule has 18 aromatic rings. The highest BCUT2D eigenvalue weighted by molar-refractivity contribution is 6.92. The Morgan fingerprint density at radius 2 is 0.452 bits per heavy atom. The molecule has 104 heavy (non-hydrogen) atoms. The van der Waals surface area contributed by atoms with Gasteiger partial charge in [-0.3, -0.25) is 0 Å². The minimum Gasteiger partial charge on any atom is -0.361 e. The van der Waals surface area contributed by atoms with E-state index in [2.05, 4.69) is 404 Å². The van der Waals surface area contributed by atoms with Crippen LogP contribution in [0, 0.1) is 0 Å². The Bertz CT molecular complexity index is 5910. The van der Waals surface area contributed by atoms with Crippen molar-refractivity contribution in [2.24, 2.45) is 0 Å². The van der Waals surface area contributed by atoms with Gasteiger partial charge in [0.2, 0.25) is 0 Å². The minimum atomic E-state index is -0.349. The van der Waals surface area contributed by atoms with Crippen molar-refractivity contribution in [1.82, 2.24) is 9.13 Å². The number of fused-ring (bicyclic) bond motifs is 10. The molecule has 0 saturated carbocycles. The second-order valence-electron chi connectivity index (χ2n) is 27.9. The standard InChI is InChI=1S/C96H62B2N6/c1-9-26-63(27-10-1)67-44-52-85-79(56-67)80-57-68(64-28-11-2-12-29-64)45-53-86(80)99(85)75-48-50-77-83-62-84-78-51-49-76(100-87-54-46-69(65-30-13-3-14-31-65)58-81(87)82-59-70(47-55-88(82)100)66-32-15-4-16-33-66)61-92(78)104(74-40-23-8-24-41-74)98-96(84)94-93-89(42-25-43-90(93)102(98)72-36-19-6-20-37-72)101(71-34-17-5-18-35-71)97(95(83)94)103(91(77)60-75)73-38-21-7-22-39-73/h1-62H. The molecule has 0 unspecified atom stereocenters. The molecule has 0 spiro atoms. The molecule has 0 fully saturated rings. The monoisotopic (exact) mass is 1320 g/mol. The highest BCUT2D eigenvalue weighted by atomic mass is 15.3. The number of benzene rings is 16. The van der Waals surface area contributed by atoms with Crippen LogP contribution >= 0.6 is 0 Å². The SMILES string of the molecule is c1ccc(-c2ccc3c(c2)c2cc(-c4ccccc4)ccc2n3-c2ccc3c(c2)N(c2ccccc2)B2c4c-3cc3c5c4-c4c(cccc4N(c4ccccc4)B5N(c4ccccc4)c4cc(-n5c6ccc(-c7ccccc7)cc6c6cc(-c7ccccc7)ccc65)ccc4-3)N2c2ccccc2)cc1. The zero-order valence-electron chi connectivity index (χ0n) is 56.6. The van der Waals surface area contributed by atoms with Crippen LogP contribution in [0.3, 0.4) is 0 Å². The summed E-state index contributed by atoms with van der Waals surface area (Å²) in [4.78, 5) is 10.6. The van der Waals surface area contributed by atoms with Crippen LogP contribution in [0.1, 0.15) is 0 Å². The molecule has 0 aliphatic carbocycles. The topological polar surface area (TPSA) is 22.8 Å². The van der Waals surface area contributed by atoms with Crippen molar-refractivity contribution in [3.63, 3.8) is 0 Å². The Balaban J connectivity index is 0.831. The average molecular weight is 1320 g/mol. The third-order valence-electron chi connectivity index (χ3n) is 22.4. The van der Waals surface area contributed by atoms with Crippen LogP contribution in [0.5, 0.6) is 0 Å². The van der Waals surface area contributed by atoms with Crippen LogP contribution in [0.2, 0.25) is 0 Å². The van der Waals surface area contributed by atoms with Gasteiger partial charge in [0, 0.05) is 95.1 Å². The van der Waals surface area contributed by atoms with Crippen LogP contribution < -0.4 is 30.2 Å². The van der Waals surface area contributed by atoms with E-state index in [4.69, 9.17) is 0 Å². The zero-order chi connectivity index (χ0) is 68.1.